The smallest absolute Gasteiger partial charge is 0.0838 e. The van der Waals surface area contributed by atoms with Crippen LogP contribution in [0.5, 0.6) is 0 Å². The molecule has 12 heavy (non-hydrogen) atoms. The van der Waals surface area contributed by atoms with E-state index in [0.29, 0.717) is 5.88 Å². The van der Waals surface area contributed by atoms with Crippen molar-refractivity contribution < 1.29 is 0 Å². The highest BCUT2D eigenvalue weighted by Gasteiger charge is 1.94. The molecule has 0 spiro atoms. The van der Waals surface area contributed by atoms with Crippen LogP contribution in [-0.2, 0) is 0 Å². The third-order valence-corrected chi connectivity index (χ3v) is 1.75. The maximum absolute atomic E-state index is 5.55. The lowest BCUT2D eigenvalue weighted by Crippen LogP contribution is -1.86. The molecule has 0 aliphatic rings. The van der Waals surface area contributed by atoms with Gasteiger partial charge in [-0.15, -0.1) is 11.6 Å². The van der Waals surface area contributed by atoms with Crippen LogP contribution >= 0.6 is 11.6 Å². The summed E-state index contributed by atoms with van der Waals surface area (Å²) in [5, 5.41) is 0. The van der Waals surface area contributed by atoms with Crippen molar-refractivity contribution in [3.05, 3.63) is 30.4 Å². The highest BCUT2D eigenvalue weighted by molar-refractivity contribution is 6.17. The Morgan fingerprint density at radius 2 is 2.42 bits per heavy atom. The molecule has 0 aliphatic carbocycles. The molecule has 0 saturated carbocycles. The molecule has 64 valence electrons. The molecule has 0 aliphatic heterocycles. The third kappa shape index (κ3) is 2.62. The molecule has 0 N–H and O–H groups in total. The zero-order valence-corrected chi connectivity index (χ0v) is 7.75. The molecule has 0 bridgehead atoms. The maximum atomic E-state index is 5.55. The van der Waals surface area contributed by atoms with E-state index in [1.165, 1.54) is 0 Å². The fourth-order valence-corrected chi connectivity index (χ4v) is 0.987. The number of hydrogen-bond donors (Lipinski definition) is 0. The van der Waals surface area contributed by atoms with E-state index in [1.807, 2.05) is 6.92 Å². The number of alkyl halides is 1. The van der Waals surface area contributed by atoms with Crippen molar-refractivity contribution in [1.82, 2.24) is 9.97 Å². The van der Waals surface area contributed by atoms with Crippen molar-refractivity contribution in [2.45, 2.75) is 13.3 Å². The SMILES string of the molecule is CC(=CCCCl)c1cnccn1. The Balaban J connectivity index is 2.71. The van der Waals surface area contributed by atoms with Crippen LogP contribution in [0.1, 0.15) is 19.0 Å². The van der Waals surface area contributed by atoms with Gasteiger partial charge in [-0.2, -0.15) is 0 Å². The molecule has 0 unspecified atom stereocenters. The summed E-state index contributed by atoms with van der Waals surface area (Å²) in [6, 6.07) is 0. The Kier molecular flexibility index (Phi) is 3.74. The predicted molar refractivity (Wildman–Crippen MR) is 51.0 cm³/mol. The van der Waals surface area contributed by atoms with E-state index < -0.39 is 0 Å². The molecule has 0 fully saturated rings. The summed E-state index contributed by atoms with van der Waals surface area (Å²) in [6.45, 7) is 2.01. The fraction of sp³-hybridized carbons (Fsp3) is 0.333. The first-order valence-corrected chi connectivity index (χ1v) is 4.37. The van der Waals surface area contributed by atoms with Gasteiger partial charge in [0.25, 0.3) is 0 Å². The largest absolute Gasteiger partial charge is 0.261 e. The summed E-state index contributed by atoms with van der Waals surface area (Å²) in [5.41, 5.74) is 2.05. The van der Waals surface area contributed by atoms with Gasteiger partial charge in [0, 0.05) is 18.3 Å². The van der Waals surface area contributed by atoms with Crippen LogP contribution in [0.15, 0.2) is 24.7 Å². The predicted octanol–water partition coefficient (Wildman–Crippen LogP) is 2.51. The van der Waals surface area contributed by atoms with E-state index in [9.17, 15) is 0 Å². The average Bonchev–Trinajstić information content (AvgIpc) is 2.15. The van der Waals surface area contributed by atoms with Crippen LogP contribution in [0.4, 0.5) is 0 Å². The number of halogens is 1. The van der Waals surface area contributed by atoms with Crippen LogP contribution in [0.3, 0.4) is 0 Å². The molecular weight excluding hydrogens is 172 g/mol. The zero-order chi connectivity index (χ0) is 8.81. The lowest BCUT2D eigenvalue weighted by molar-refractivity contribution is 1.15. The standard InChI is InChI=1S/C9H11ClN2/c1-8(3-2-4-10)9-7-11-5-6-12-9/h3,5-7H,2,4H2,1H3. The first-order valence-electron chi connectivity index (χ1n) is 3.83. The molecule has 1 aromatic heterocycles. The highest BCUT2D eigenvalue weighted by atomic mass is 35.5. The molecule has 0 aromatic carbocycles. The lowest BCUT2D eigenvalue weighted by atomic mass is 10.2. The van der Waals surface area contributed by atoms with E-state index in [1.54, 1.807) is 18.6 Å². The van der Waals surface area contributed by atoms with E-state index in [2.05, 4.69) is 16.0 Å². The molecule has 3 heteroatoms. The molecule has 0 radical (unpaired) electrons. The number of allylic oxidation sites excluding steroid dienone is 2. The molecule has 1 heterocycles. The van der Waals surface area contributed by atoms with Gasteiger partial charge in [0.05, 0.1) is 11.9 Å². The van der Waals surface area contributed by atoms with Gasteiger partial charge in [0.15, 0.2) is 0 Å². The molecule has 1 aromatic rings. The van der Waals surface area contributed by atoms with Crippen LogP contribution in [0, 0.1) is 0 Å². The van der Waals surface area contributed by atoms with Crippen molar-refractivity contribution in [2.75, 3.05) is 5.88 Å². The van der Waals surface area contributed by atoms with Crippen molar-refractivity contribution in [3.63, 3.8) is 0 Å². The van der Waals surface area contributed by atoms with Gasteiger partial charge in [-0.25, -0.2) is 0 Å². The van der Waals surface area contributed by atoms with E-state index in [0.717, 1.165) is 17.7 Å². The minimum absolute atomic E-state index is 0.650. The maximum Gasteiger partial charge on any atom is 0.0838 e. The molecule has 0 saturated heterocycles. The Morgan fingerprint density at radius 1 is 1.58 bits per heavy atom. The first kappa shape index (κ1) is 9.20. The average molecular weight is 183 g/mol. The topological polar surface area (TPSA) is 25.8 Å². The minimum atomic E-state index is 0.650. The second-order valence-corrected chi connectivity index (χ2v) is 2.83. The number of hydrogen-bond acceptors (Lipinski definition) is 2. The van der Waals surface area contributed by atoms with Crippen LogP contribution in [-0.4, -0.2) is 15.8 Å². The zero-order valence-electron chi connectivity index (χ0n) is 7.00. The Bertz CT molecular complexity index is 256. The Labute approximate surface area is 77.3 Å². The van der Waals surface area contributed by atoms with Crippen molar-refractivity contribution in [2.24, 2.45) is 0 Å². The quantitative estimate of drug-likeness (QED) is 0.672. The van der Waals surface area contributed by atoms with E-state index >= 15 is 0 Å². The van der Waals surface area contributed by atoms with Gasteiger partial charge in [-0.3, -0.25) is 9.97 Å². The number of nitrogens with zero attached hydrogens (tertiary/aromatic N) is 2. The van der Waals surface area contributed by atoms with Gasteiger partial charge < -0.3 is 0 Å². The number of aromatic nitrogens is 2. The van der Waals surface area contributed by atoms with Crippen LogP contribution < -0.4 is 0 Å². The Hall–Kier alpha value is -0.890. The molecule has 0 atom stereocenters. The van der Waals surface area contributed by atoms with Gasteiger partial charge in [0.1, 0.15) is 0 Å². The first-order chi connectivity index (χ1) is 5.84. The van der Waals surface area contributed by atoms with Gasteiger partial charge in [-0.1, -0.05) is 6.08 Å². The monoisotopic (exact) mass is 182 g/mol. The van der Waals surface area contributed by atoms with Crippen LogP contribution in [0.25, 0.3) is 5.57 Å². The summed E-state index contributed by atoms with van der Waals surface area (Å²) in [7, 11) is 0. The summed E-state index contributed by atoms with van der Waals surface area (Å²) in [4.78, 5) is 8.14. The second kappa shape index (κ2) is 4.88. The molecule has 2 nitrogen and oxygen atoms in total. The minimum Gasteiger partial charge on any atom is -0.261 e. The van der Waals surface area contributed by atoms with Gasteiger partial charge in [0.2, 0.25) is 0 Å². The summed E-state index contributed by atoms with van der Waals surface area (Å²) in [6.07, 6.45) is 8.05. The van der Waals surface area contributed by atoms with Gasteiger partial charge in [-0.05, 0) is 18.9 Å². The van der Waals surface area contributed by atoms with Crippen molar-refractivity contribution >= 4 is 17.2 Å². The van der Waals surface area contributed by atoms with E-state index in [4.69, 9.17) is 11.6 Å². The van der Waals surface area contributed by atoms with Crippen molar-refractivity contribution in [3.8, 4) is 0 Å². The molecular formula is C9H11ClN2. The normalized spacial score (nSPS) is 11.7. The van der Waals surface area contributed by atoms with Crippen molar-refractivity contribution in [1.29, 1.82) is 0 Å². The summed E-state index contributed by atoms with van der Waals surface area (Å²) >= 11 is 5.55. The molecule has 0 amide bonds. The molecule has 1 rings (SSSR count). The van der Waals surface area contributed by atoms with Gasteiger partial charge >= 0.3 is 0 Å². The van der Waals surface area contributed by atoms with E-state index in [-0.39, 0.29) is 0 Å². The fourth-order valence-electron chi connectivity index (χ4n) is 0.878. The van der Waals surface area contributed by atoms with Crippen LogP contribution in [0.2, 0.25) is 0 Å². The summed E-state index contributed by atoms with van der Waals surface area (Å²) in [5.74, 6) is 0.650. The summed E-state index contributed by atoms with van der Waals surface area (Å²) < 4.78 is 0. The third-order valence-electron chi connectivity index (χ3n) is 1.53. The second-order valence-electron chi connectivity index (χ2n) is 2.46. The highest BCUT2D eigenvalue weighted by Crippen LogP contribution is 2.09. The Morgan fingerprint density at radius 3 is 3.00 bits per heavy atom. The number of rotatable bonds is 3. The lowest BCUT2D eigenvalue weighted by Gasteiger charge is -1.97.